The third-order valence-corrected chi connectivity index (χ3v) is 4.93. The van der Waals surface area contributed by atoms with Crippen molar-refractivity contribution in [3.8, 4) is 17.0 Å². The highest BCUT2D eigenvalue weighted by Crippen LogP contribution is 2.33. The van der Waals surface area contributed by atoms with Crippen molar-refractivity contribution in [2.45, 2.75) is 12.3 Å². The number of hydrogen-bond acceptors (Lipinski definition) is 5. The van der Waals surface area contributed by atoms with E-state index in [1.165, 1.54) is 11.9 Å². The molecule has 134 valence electrons. The molecule has 0 radical (unpaired) electrons. The lowest BCUT2D eigenvalue weighted by atomic mass is 9.93. The highest BCUT2D eigenvalue weighted by Gasteiger charge is 2.21. The van der Waals surface area contributed by atoms with E-state index in [1.807, 2.05) is 48.5 Å². The summed E-state index contributed by atoms with van der Waals surface area (Å²) in [5.41, 5.74) is 3.19. The molecule has 1 atom stereocenters. The Balaban J connectivity index is 1.46. The number of fused-ring (bicyclic) bond motifs is 2. The number of hydrogen-bond donors (Lipinski definition) is 1. The van der Waals surface area contributed by atoms with Crippen LogP contribution in [-0.4, -0.2) is 32.7 Å². The van der Waals surface area contributed by atoms with Crippen LogP contribution >= 0.6 is 0 Å². The first-order valence-electron chi connectivity index (χ1n) is 9.10. The van der Waals surface area contributed by atoms with Crippen LogP contribution < -0.4 is 10.1 Å². The molecule has 6 nitrogen and oxygen atoms in total. The second kappa shape index (κ2) is 6.72. The maximum atomic E-state index is 5.78. The quantitative estimate of drug-likeness (QED) is 0.602. The van der Waals surface area contributed by atoms with Crippen molar-refractivity contribution in [3.05, 3.63) is 72.6 Å². The molecule has 1 aliphatic heterocycles. The maximum absolute atomic E-state index is 5.78. The summed E-state index contributed by atoms with van der Waals surface area (Å²) in [5.74, 6) is 2.86. The van der Waals surface area contributed by atoms with Gasteiger partial charge in [-0.2, -0.15) is 14.6 Å². The molecule has 6 heteroatoms. The van der Waals surface area contributed by atoms with E-state index in [4.69, 9.17) is 4.74 Å². The highest BCUT2D eigenvalue weighted by molar-refractivity contribution is 5.65. The van der Waals surface area contributed by atoms with Crippen molar-refractivity contribution in [2.24, 2.45) is 0 Å². The molecule has 4 aromatic rings. The smallest absolute Gasteiger partial charge is 0.254 e. The molecule has 0 amide bonds. The van der Waals surface area contributed by atoms with Crippen molar-refractivity contribution >= 4 is 11.6 Å². The van der Waals surface area contributed by atoms with Gasteiger partial charge in [0.05, 0.1) is 12.3 Å². The molecular formula is C21H19N5O. The zero-order valence-electron chi connectivity index (χ0n) is 14.7. The molecule has 0 spiro atoms. The van der Waals surface area contributed by atoms with E-state index in [0.717, 1.165) is 42.4 Å². The summed E-state index contributed by atoms with van der Waals surface area (Å²) in [5, 5.41) is 7.88. The third-order valence-electron chi connectivity index (χ3n) is 4.93. The van der Waals surface area contributed by atoms with Crippen LogP contribution in [0.5, 0.6) is 5.75 Å². The molecule has 0 fully saturated rings. The molecule has 0 aliphatic carbocycles. The summed E-state index contributed by atoms with van der Waals surface area (Å²) < 4.78 is 7.52. The van der Waals surface area contributed by atoms with Crippen LogP contribution in [0.3, 0.4) is 0 Å². The van der Waals surface area contributed by atoms with Gasteiger partial charge in [0.1, 0.15) is 17.9 Å². The van der Waals surface area contributed by atoms with E-state index < -0.39 is 0 Å². The molecule has 2 aromatic carbocycles. The number of rotatable bonds is 4. The van der Waals surface area contributed by atoms with E-state index in [-0.39, 0.29) is 0 Å². The van der Waals surface area contributed by atoms with Gasteiger partial charge in [-0.3, -0.25) is 0 Å². The molecule has 3 heterocycles. The fourth-order valence-corrected chi connectivity index (χ4v) is 3.55. The van der Waals surface area contributed by atoms with E-state index in [9.17, 15) is 0 Å². The van der Waals surface area contributed by atoms with Crippen molar-refractivity contribution in [1.82, 2.24) is 19.6 Å². The Morgan fingerprint density at radius 1 is 1.07 bits per heavy atom. The van der Waals surface area contributed by atoms with E-state index >= 15 is 0 Å². The van der Waals surface area contributed by atoms with Gasteiger partial charge in [0.25, 0.3) is 5.78 Å². The molecule has 5 rings (SSSR count). The lowest BCUT2D eigenvalue weighted by Crippen LogP contribution is -2.21. The number of ether oxygens (including phenoxy) is 1. The average molecular weight is 357 g/mol. The first kappa shape index (κ1) is 15.8. The zero-order chi connectivity index (χ0) is 18.1. The Morgan fingerprint density at radius 3 is 2.85 bits per heavy atom. The summed E-state index contributed by atoms with van der Waals surface area (Å²) >= 11 is 0. The Labute approximate surface area is 156 Å². The van der Waals surface area contributed by atoms with Gasteiger partial charge in [0, 0.05) is 24.1 Å². The fourth-order valence-electron chi connectivity index (χ4n) is 3.55. The van der Waals surface area contributed by atoms with Gasteiger partial charge in [-0.25, -0.2) is 4.98 Å². The van der Waals surface area contributed by atoms with Gasteiger partial charge >= 0.3 is 0 Å². The summed E-state index contributed by atoms with van der Waals surface area (Å²) in [6.07, 6.45) is 2.52. The minimum Gasteiger partial charge on any atom is -0.493 e. The number of anilines is 1. The standard InChI is InChI=1S/C21H19N5O/c1-2-6-15(7-3-1)18-12-20(26-21(25-18)23-14-24-26)22-13-16-10-11-27-19-9-5-4-8-17(16)19/h1-9,12,14,16,22H,10-11,13H2. The molecule has 2 aromatic heterocycles. The first-order valence-corrected chi connectivity index (χ1v) is 9.10. The van der Waals surface area contributed by atoms with Crippen LogP contribution in [0.2, 0.25) is 0 Å². The Bertz CT molecular complexity index is 1080. The molecule has 0 saturated carbocycles. The summed E-state index contributed by atoms with van der Waals surface area (Å²) in [6, 6.07) is 20.4. The first-order chi connectivity index (χ1) is 13.4. The maximum Gasteiger partial charge on any atom is 0.254 e. The lowest BCUT2D eigenvalue weighted by molar-refractivity contribution is 0.270. The number of aromatic nitrogens is 4. The molecule has 1 N–H and O–H groups in total. The average Bonchev–Trinajstić information content (AvgIpc) is 3.21. The second-order valence-electron chi connectivity index (χ2n) is 6.62. The van der Waals surface area contributed by atoms with Crippen LogP contribution in [0.1, 0.15) is 17.9 Å². The van der Waals surface area contributed by atoms with Gasteiger partial charge in [-0.15, -0.1) is 0 Å². The van der Waals surface area contributed by atoms with Gasteiger partial charge in [0.15, 0.2) is 0 Å². The van der Waals surface area contributed by atoms with E-state index in [2.05, 4.69) is 32.5 Å². The number of benzene rings is 2. The van der Waals surface area contributed by atoms with Crippen LogP contribution in [0.15, 0.2) is 67.0 Å². The van der Waals surface area contributed by atoms with Crippen molar-refractivity contribution in [3.63, 3.8) is 0 Å². The van der Waals surface area contributed by atoms with Gasteiger partial charge in [0.2, 0.25) is 0 Å². The number of nitrogens with one attached hydrogen (secondary N) is 1. The normalized spacial score (nSPS) is 15.9. The summed E-state index contributed by atoms with van der Waals surface area (Å²) in [4.78, 5) is 8.90. The molecule has 0 bridgehead atoms. The third kappa shape index (κ3) is 2.99. The molecule has 0 saturated heterocycles. The predicted molar refractivity (Wildman–Crippen MR) is 104 cm³/mol. The Hall–Kier alpha value is -3.41. The Morgan fingerprint density at radius 2 is 1.93 bits per heavy atom. The summed E-state index contributed by atoms with van der Waals surface area (Å²) in [7, 11) is 0. The second-order valence-corrected chi connectivity index (χ2v) is 6.62. The topological polar surface area (TPSA) is 64.3 Å². The molecule has 1 aliphatic rings. The predicted octanol–water partition coefficient (Wildman–Crippen LogP) is 3.77. The van der Waals surface area contributed by atoms with E-state index in [1.54, 1.807) is 4.52 Å². The minimum atomic E-state index is 0.391. The largest absolute Gasteiger partial charge is 0.493 e. The number of nitrogens with zero attached hydrogens (tertiary/aromatic N) is 4. The van der Waals surface area contributed by atoms with Gasteiger partial charge < -0.3 is 10.1 Å². The van der Waals surface area contributed by atoms with Crippen LogP contribution in [0.25, 0.3) is 17.0 Å². The minimum absolute atomic E-state index is 0.391. The summed E-state index contributed by atoms with van der Waals surface area (Å²) in [6.45, 7) is 1.54. The van der Waals surface area contributed by atoms with Crippen LogP contribution in [0.4, 0.5) is 5.82 Å². The molecular weight excluding hydrogens is 338 g/mol. The Kier molecular flexibility index (Phi) is 3.93. The molecule has 27 heavy (non-hydrogen) atoms. The van der Waals surface area contributed by atoms with Crippen LogP contribution in [0, 0.1) is 0 Å². The van der Waals surface area contributed by atoms with Crippen molar-refractivity contribution < 1.29 is 4.74 Å². The van der Waals surface area contributed by atoms with Crippen LogP contribution in [-0.2, 0) is 0 Å². The SMILES string of the molecule is c1ccc(-c2cc(NCC3CCOc4ccccc43)n3ncnc3n2)cc1. The fraction of sp³-hybridized carbons (Fsp3) is 0.190. The van der Waals surface area contributed by atoms with Crippen molar-refractivity contribution in [1.29, 1.82) is 0 Å². The van der Waals surface area contributed by atoms with Gasteiger partial charge in [-0.1, -0.05) is 48.5 Å². The van der Waals surface area contributed by atoms with E-state index in [0.29, 0.717) is 11.7 Å². The van der Waals surface area contributed by atoms with Gasteiger partial charge in [-0.05, 0) is 18.1 Å². The monoisotopic (exact) mass is 357 g/mol. The van der Waals surface area contributed by atoms with Crippen molar-refractivity contribution in [2.75, 3.05) is 18.5 Å². The number of para-hydroxylation sites is 1. The lowest BCUT2D eigenvalue weighted by Gasteiger charge is -2.26. The molecule has 1 unspecified atom stereocenters. The zero-order valence-corrected chi connectivity index (χ0v) is 14.7. The highest BCUT2D eigenvalue weighted by atomic mass is 16.5.